The van der Waals surface area contributed by atoms with Gasteiger partial charge in [0, 0.05) is 0 Å². The average Bonchev–Trinajstić information content (AvgIpc) is 3.57. The minimum absolute atomic E-state index is 0.00231. The van der Waals surface area contributed by atoms with Crippen LogP contribution in [0.5, 0.6) is 0 Å². The second-order valence-corrected chi connectivity index (χ2v) is 16.0. The molecule has 2 aromatic heterocycles. The fourth-order valence-electron chi connectivity index (χ4n) is 3.98. The van der Waals surface area contributed by atoms with Gasteiger partial charge in [-0.25, -0.2) is 21.6 Å². The van der Waals surface area contributed by atoms with Gasteiger partial charge in [-0.3, -0.25) is 9.44 Å². The number of sulfonamides is 2. The molecule has 2 aromatic carbocycles. The summed E-state index contributed by atoms with van der Waals surface area (Å²) in [7, 11) is -7.92. The molecule has 12 heteroatoms. The third-order valence-corrected chi connectivity index (χ3v) is 11.7. The van der Waals surface area contributed by atoms with Crippen LogP contribution in [0.4, 0.5) is 11.4 Å². The van der Waals surface area contributed by atoms with Crippen LogP contribution in [0.1, 0.15) is 53.4 Å². The number of hydrogen-bond donors (Lipinski definition) is 2. The number of carbonyl (C=O) groups is 1. The normalized spacial score (nSPS) is 12.2. The number of nitrogens with one attached hydrogen (secondary N) is 2. The van der Waals surface area contributed by atoms with E-state index in [1.54, 1.807) is 22.9 Å². The van der Waals surface area contributed by atoms with Gasteiger partial charge in [0.15, 0.2) is 0 Å². The maximum Gasteiger partial charge on any atom is 0.338 e. The van der Waals surface area contributed by atoms with Crippen molar-refractivity contribution in [3.05, 3.63) is 93.2 Å². The van der Waals surface area contributed by atoms with E-state index in [2.05, 4.69) is 42.3 Å². The first-order valence-corrected chi connectivity index (χ1v) is 16.9. The molecule has 212 valence electrons. The van der Waals surface area contributed by atoms with Crippen molar-refractivity contribution in [2.45, 2.75) is 55.1 Å². The molecule has 0 unspecified atom stereocenters. The number of ether oxygens (including phenoxy) is 1. The van der Waals surface area contributed by atoms with E-state index in [0.29, 0.717) is 0 Å². The van der Waals surface area contributed by atoms with Gasteiger partial charge < -0.3 is 4.74 Å². The van der Waals surface area contributed by atoms with E-state index in [4.69, 9.17) is 4.74 Å². The first-order chi connectivity index (χ1) is 18.7. The van der Waals surface area contributed by atoms with Crippen LogP contribution >= 0.6 is 22.7 Å². The minimum Gasteiger partial charge on any atom is -0.457 e. The lowest BCUT2D eigenvalue weighted by molar-refractivity contribution is 0.0471. The van der Waals surface area contributed by atoms with Gasteiger partial charge in [-0.15, -0.1) is 22.7 Å². The summed E-state index contributed by atoms with van der Waals surface area (Å²) in [6, 6.07) is 14.2. The maximum atomic E-state index is 13.2. The van der Waals surface area contributed by atoms with Crippen LogP contribution in [-0.2, 0) is 36.8 Å². The van der Waals surface area contributed by atoms with Crippen LogP contribution in [0, 0.1) is 13.8 Å². The van der Waals surface area contributed by atoms with E-state index in [9.17, 15) is 21.6 Å². The SMILES string of the molecule is Cc1cc(C(C)(C)C)cc(C)c1COC(=O)c1cc(NS(=O)(=O)c2cccs2)cc(NS(=O)(=O)c2cccs2)c1. The molecule has 0 saturated carbocycles. The summed E-state index contributed by atoms with van der Waals surface area (Å²) in [5, 5.41) is 3.25. The summed E-state index contributed by atoms with van der Waals surface area (Å²) in [6.07, 6.45) is 0. The van der Waals surface area contributed by atoms with Crippen molar-refractivity contribution in [1.82, 2.24) is 0 Å². The number of hydrogen-bond acceptors (Lipinski definition) is 8. The molecule has 0 amide bonds. The third-order valence-electron chi connectivity index (χ3n) is 6.10. The molecular formula is C28H30N2O6S4. The van der Waals surface area contributed by atoms with E-state index < -0.39 is 26.0 Å². The molecule has 0 atom stereocenters. The Morgan fingerprint density at radius 3 is 1.68 bits per heavy atom. The lowest BCUT2D eigenvalue weighted by Gasteiger charge is -2.22. The number of anilines is 2. The predicted molar refractivity (Wildman–Crippen MR) is 160 cm³/mol. The van der Waals surface area contributed by atoms with Crippen molar-refractivity contribution in [3.63, 3.8) is 0 Å². The minimum atomic E-state index is -3.96. The quantitative estimate of drug-likeness (QED) is 0.202. The topological polar surface area (TPSA) is 119 Å². The fourth-order valence-corrected chi connectivity index (χ4v) is 8.05. The lowest BCUT2D eigenvalue weighted by Crippen LogP contribution is -2.16. The highest BCUT2D eigenvalue weighted by Crippen LogP contribution is 2.29. The first-order valence-electron chi connectivity index (χ1n) is 12.2. The third kappa shape index (κ3) is 6.92. The molecule has 2 heterocycles. The molecule has 0 fully saturated rings. The summed E-state index contributed by atoms with van der Waals surface area (Å²) < 4.78 is 62.1. The van der Waals surface area contributed by atoms with E-state index in [0.717, 1.165) is 39.4 Å². The molecule has 2 N–H and O–H groups in total. The molecule has 0 aliphatic carbocycles. The number of rotatable bonds is 9. The van der Waals surface area contributed by atoms with E-state index >= 15 is 0 Å². The van der Waals surface area contributed by atoms with Gasteiger partial charge in [-0.2, -0.15) is 0 Å². The second kappa shape index (κ2) is 11.4. The Balaban J connectivity index is 1.64. The maximum absolute atomic E-state index is 13.2. The molecule has 0 aliphatic heterocycles. The molecule has 0 bridgehead atoms. The van der Waals surface area contributed by atoms with Gasteiger partial charge in [0.1, 0.15) is 15.0 Å². The summed E-state index contributed by atoms with van der Waals surface area (Å²) in [4.78, 5) is 13.2. The molecule has 0 aliphatic rings. The van der Waals surface area contributed by atoms with Crippen LogP contribution in [0.25, 0.3) is 0 Å². The van der Waals surface area contributed by atoms with Gasteiger partial charge in [-0.05, 0) is 82.6 Å². The van der Waals surface area contributed by atoms with Crippen molar-refractivity contribution in [2.24, 2.45) is 0 Å². The highest BCUT2D eigenvalue weighted by molar-refractivity contribution is 7.95. The summed E-state index contributed by atoms with van der Waals surface area (Å²) >= 11 is 2.06. The molecule has 4 aromatic rings. The zero-order chi connectivity index (χ0) is 29.3. The molecule has 8 nitrogen and oxygen atoms in total. The van der Waals surface area contributed by atoms with Crippen molar-refractivity contribution in [1.29, 1.82) is 0 Å². The van der Waals surface area contributed by atoms with Crippen LogP contribution in [0.3, 0.4) is 0 Å². The van der Waals surface area contributed by atoms with E-state index in [1.807, 2.05) is 13.8 Å². The molecule has 40 heavy (non-hydrogen) atoms. The van der Waals surface area contributed by atoms with E-state index in [1.165, 1.54) is 35.9 Å². The number of aryl methyl sites for hydroxylation is 2. The van der Waals surface area contributed by atoms with Gasteiger partial charge in [0.2, 0.25) is 0 Å². The molecular weight excluding hydrogens is 589 g/mol. The van der Waals surface area contributed by atoms with Crippen molar-refractivity contribution in [2.75, 3.05) is 9.44 Å². The molecule has 0 radical (unpaired) electrons. The Labute approximate surface area is 243 Å². The Morgan fingerprint density at radius 2 is 1.27 bits per heavy atom. The van der Waals surface area contributed by atoms with Crippen LogP contribution in [-0.4, -0.2) is 22.8 Å². The zero-order valence-electron chi connectivity index (χ0n) is 22.6. The highest BCUT2D eigenvalue weighted by Gasteiger charge is 2.22. The molecule has 4 rings (SSSR count). The van der Waals surface area contributed by atoms with Gasteiger partial charge in [-0.1, -0.05) is 45.0 Å². The average molecular weight is 619 g/mol. The Morgan fingerprint density at radius 1 is 0.800 bits per heavy atom. The van der Waals surface area contributed by atoms with E-state index in [-0.39, 0.29) is 37.4 Å². The highest BCUT2D eigenvalue weighted by atomic mass is 32.3. The summed E-state index contributed by atoms with van der Waals surface area (Å²) in [5.41, 5.74) is 3.98. The van der Waals surface area contributed by atoms with Crippen LogP contribution < -0.4 is 9.44 Å². The van der Waals surface area contributed by atoms with Crippen LogP contribution in [0.15, 0.2) is 73.8 Å². The Kier molecular flexibility index (Phi) is 8.46. The Hall–Kier alpha value is -3.19. The largest absolute Gasteiger partial charge is 0.457 e. The Bertz CT molecular complexity index is 1630. The second-order valence-electron chi connectivity index (χ2n) is 10.3. The standard InChI is InChI=1S/C28H30N2O6S4/c1-18-12-21(28(3,4)5)13-19(2)24(18)17-36-27(31)20-14-22(29-39(32,33)25-8-6-10-37-25)16-23(15-20)30-40(34,35)26-9-7-11-38-26/h6-16,29-30H,17H2,1-5H3. The fraction of sp³-hybridized carbons (Fsp3) is 0.250. The van der Waals surface area contributed by atoms with Gasteiger partial charge >= 0.3 is 5.97 Å². The number of carbonyl (C=O) groups excluding carboxylic acids is 1. The summed E-state index contributed by atoms with van der Waals surface area (Å²) in [6.45, 7) is 10.3. The van der Waals surface area contributed by atoms with Crippen molar-refractivity contribution < 1.29 is 26.4 Å². The number of benzene rings is 2. The molecule has 0 spiro atoms. The molecule has 0 saturated heterocycles. The smallest absolute Gasteiger partial charge is 0.338 e. The summed E-state index contributed by atoms with van der Waals surface area (Å²) in [5.74, 6) is -0.729. The number of thiophene rings is 2. The van der Waals surface area contributed by atoms with Gasteiger partial charge in [0.05, 0.1) is 16.9 Å². The first kappa shape index (κ1) is 29.8. The van der Waals surface area contributed by atoms with Crippen LogP contribution in [0.2, 0.25) is 0 Å². The van der Waals surface area contributed by atoms with Gasteiger partial charge in [0.25, 0.3) is 20.0 Å². The monoisotopic (exact) mass is 618 g/mol. The zero-order valence-corrected chi connectivity index (χ0v) is 25.9. The van der Waals surface area contributed by atoms with Crippen molar-refractivity contribution >= 4 is 60.1 Å². The van der Waals surface area contributed by atoms with Crippen molar-refractivity contribution in [3.8, 4) is 0 Å². The predicted octanol–water partition coefficient (Wildman–Crippen LogP) is 6.68. The number of esters is 1. The lowest BCUT2D eigenvalue weighted by atomic mass is 9.84.